The van der Waals surface area contributed by atoms with Crippen LogP contribution in [0.4, 0.5) is 0 Å². The molecule has 0 aliphatic heterocycles. The van der Waals surface area contributed by atoms with Gasteiger partial charge < -0.3 is 18.0 Å². The van der Waals surface area contributed by atoms with Gasteiger partial charge in [0.1, 0.15) is 22.3 Å². The second kappa shape index (κ2) is 10.3. The molecule has 12 rings (SSSR count). The Morgan fingerprint density at radius 1 is 0.269 bits per heavy atom. The highest BCUT2D eigenvalue weighted by Crippen LogP contribution is 2.43. The van der Waals surface area contributed by atoms with Gasteiger partial charge in [-0.1, -0.05) is 97.1 Å². The van der Waals surface area contributed by atoms with E-state index in [0.29, 0.717) is 0 Å². The summed E-state index contributed by atoms with van der Waals surface area (Å²) in [6.45, 7) is 0. The minimum Gasteiger partial charge on any atom is -0.456 e. The van der Waals surface area contributed by atoms with E-state index in [-0.39, 0.29) is 0 Å². The molecule has 0 fully saturated rings. The highest BCUT2D eigenvalue weighted by molar-refractivity contribution is 6.28. The fraction of sp³-hybridized carbons (Fsp3) is 0. The maximum atomic E-state index is 6.28. The molecule has 0 N–H and O–H groups in total. The van der Waals surface area contributed by atoms with Gasteiger partial charge in [0.05, 0.1) is 22.1 Å². The first-order valence-electron chi connectivity index (χ1n) is 17.7. The molecule has 0 atom stereocenters. The molecule has 4 heterocycles. The fourth-order valence-electron chi connectivity index (χ4n) is 8.71. The number of furan rings is 2. The summed E-state index contributed by atoms with van der Waals surface area (Å²) in [4.78, 5) is 0. The van der Waals surface area contributed by atoms with Crippen LogP contribution in [-0.2, 0) is 0 Å². The lowest BCUT2D eigenvalue weighted by atomic mass is 10.0. The van der Waals surface area contributed by atoms with E-state index in [1.54, 1.807) is 0 Å². The van der Waals surface area contributed by atoms with Gasteiger partial charge in [-0.3, -0.25) is 0 Å². The maximum absolute atomic E-state index is 6.28. The van der Waals surface area contributed by atoms with Gasteiger partial charge >= 0.3 is 0 Å². The monoisotopic (exact) mass is 664 g/mol. The van der Waals surface area contributed by atoms with Gasteiger partial charge in [0.2, 0.25) is 0 Å². The molecule has 4 heteroatoms. The van der Waals surface area contributed by atoms with Crippen molar-refractivity contribution in [2.45, 2.75) is 0 Å². The number of hydrogen-bond acceptors (Lipinski definition) is 2. The Balaban J connectivity index is 0.973. The predicted molar refractivity (Wildman–Crippen MR) is 215 cm³/mol. The van der Waals surface area contributed by atoms with Crippen LogP contribution in [0.5, 0.6) is 0 Å². The Morgan fingerprint density at radius 3 is 1.10 bits per heavy atom. The third kappa shape index (κ3) is 3.70. The molecule has 0 aliphatic rings. The maximum Gasteiger partial charge on any atom is 0.136 e. The molecule has 242 valence electrons. The molecule has 0 unspecified atom stereocenters. The lowest BCUT2D eigenvalue weighted by molar-refractivity contribution is 0.669. The zero-order valence-electron chi connectivity index (χ0n) is 27.9. The molecule has 0 bridgehead atoms. The van der Waals surface area contributed by atoms with Crippen molar-refractivity contribution in [3.05, 3.63) is 170 Å². The quantitative estimate of drug-likeness (QED) is 0.188. The first kappa shape index (κ1) is 27.7. The van der Waals surface area contributed by atoms with Crippen molar-refractivity contribution >= 4 is 87.5 Å². The van der Waals surface area contributed by atoms with E-state index in [0.717, 1.165) is 44.5 Å². The van der Waals surface area contributed by atoms with Gasteiger partial charge in [-0.2, -0.15) is 0 Å². The Labute approximate surface area is 296 Å². The molecule has 52 heavy (non-hydrogen) atoms. The molecule has 4 nitrogen and oxygen atoms in total. The minimum absolute atomic E-state index is 0.916. The van der Waals surface area contributed by atoms with Gasteiger partial charge in [0.15, 0.2) is 0 Å². The van der Waals surface area contributed by atoms with E-state index in [2.05, 4.69) is 167 Å². The number of rotatable bonds is 3. The number of fused-ring (bicyclic) bond motifs is 14. The molecule has 8 aromatic carbocycles. The number of para-hydroxylation sites is 4. The zero-order valence-corrected chi connectivity index (χ0v) is 27.9. The third-order valence-corrected chi connectivity index (χ3v) is 10.9. The summed E-state index contributed by atoms with van der Waals surface area (Å²) >= 11 is 0. The highest BCUT2D eigenvalue weighted by Gasteiger charge is 2.20. The molecule has 0 radical (unpaired) electrons. The molecule has 0 aliphatic carbocycles. The summed E-state index contributed by atoms with van der Waals surface area (Å²) in [5, 5.41) is 9.54. The second-order valence-corrected chi connectivity index (χ2v) is 13.7. The smallest absolute Gasteiger partial charge is 0.136 e. The molecule has 0 saturated heterocycles. The van der Waals surface area contributed by atoms with Crippen molar-refractivity contribution in [3.63, 3.8) is 0 Å². The topological polar surface area (TPSA) is 36.1 Å². The standard InChI is InChI=1S/C48H28N2O2/c1-5-13-37-33(9-1)45-39(25-27-43-47(45)35-11-3-7-15-41(35)51-43)49(37)31-21-17-29(18-22-31)30-19-23-32(24-20-30)50-38-14-6-2-10-34(38)46-40(50)26-28-44-48(46)36-12-4-8-16-42(36)52-44/h1-28H. The van der Waals surface area contributed by atoms with Gasteiger partial charge in [-0.25, -0.2) is 0 Å². The second-order valence-electron chi connectivity index (χ2n) is 13.7. The van der Waals surface area contributed by atoms with E-state index in [1.165, 1.54) is 65.5 Å². The predicted octanol–water partition coefficient (Wildman–Crippen LogP) is 13.3. The van der Waals surface area contributed by atoms with Crippen LogP contribution in [0.25, 0.3) is 110 Å². The van der Waals surface area contributed by atoms with E-state index in [4.69, 9.17) is 8.83 Å². The van der Waals surface area contributed by atoms with Gasteiger partial charge in [-0.05, 0) is 83.9 Å². The van der Waals surface area contributed by atoms with Gasteiger partial charge in [0, 0.05) is 54.5 Å². The molecular formula is C48H28N2O2. The normalized spacial score (nSPS) is 12.2. The number of benzene rings is 8. The number of hydrogen-bond donors (Lipinski definition) is 0. The summed E-state index contributed by atoms with van der Waals surface area (Å²) in [5.74, 6) is 0. The van der Waals surface area contributed by atoms with Crippen LogP contribution >= 0.6 is 0 Å². The van der Waals surface area contributed by atoms with Crippen molar-refractivity contribution in [2.75, 3.05) is 0 Å². The van der Waals surface area contributed by atoms with Crippen LogP contribution in [0.1, 0.15) is 0 Å². The van der Waals surface area contributed by atoms with E-state index in [1.807, 2.05) is 12.1 Å². The Morgan fingerprint density at radius 2 is 0.654 bits per heavy atom. The van der Waals surface area contributed by atoms with Crippen molar-refractivity contribution in [3.8, 4) is 22.5 Å². The number of aromatic nitrogens is 2. The van der Waals surface area contributed by atoms with Crippen LogP contribution in [0.15, 0.2) is 179 Å². The fourth-order valence-corrected chi connectivity index (χ4v) is 8.71. The Hall–Kier alpha value is -7.04. The first-order chi connectivity index (χ1) is 25.8. The van der Waals surface area contributed by atoms with Crippen molar-refractivity contribution < 1.29 is 8.83 Å². The molecule has 12 aromatic rings. The van der Waals surface area contributed by atoms with E-state index in [9.17, 15) is 0 Å². The summed E-state index contributed by atoms with van der Waals surface area (Å²) in [7, 11) is 0. The third-order valence-electron chi connectivity index (χ3n) is 10.9. The van der Waals surface area contributed by atoms with Crippen LogP contribution in [-0.4, -0.2) is 9.13 Å². The molecule has 0 saturated carbocycles. The van der Waals surface area contributed by atoms with Crippen molar-refractivity contribution in [1.29, 1.82) is 0 Å². The van der Waals surface area contributed by atoms with Crippen LogP contribution in [0.2, 0.25) is 0 Å². The summed E-state index contributed by atoms with van der Waals surface area (Å²) in [6, 6.07) is 60.5. The zero-order chi connectivity index (χ0) is 33.9. The first-order valence-corrected chi connectivity index (χ1v) is 17.7. The molecule has 0 spiro atoms. The molecule has 4 aromatic heterocycles. The summed E-state index contributed by atoms with van der Waals surface area (Å²) < 4.78 is 17.3. The average molecular weight is 665 g/mol. The van der Waals surface area contributed by atoms with Crippen molar-refractivity contribution in [1.82, 2.24) is 9.13 Å². The van der Waals surface area contributed by atoms with Crippen LogP contribution in [0, 0.1) is 0 Å². The summed E-state index contributed by atoms with van der Waals surface area (Å²) in [5.41, 5.74) is 13.0. The van der Waals surface area contributed by atoms with Crippen LogP contribution in [0.3, 0.4) is 0 Å². The van der Waals surface area contributed by atoms with Gasteiger partial charge in [0.25, 0.3) is 0 Å². The lowest BCUT2D eigenvalue weighted by Gasteiger charge is -2.11. The SMILES string of the molecule is c1ccc2c(c1)oc1ccc3c(c4ccccc4n3-c3ccc(-c4ccc(-n5c6ccccc6c6c7c(ccc65)oc5ccccc57)cc4)cc3)c12. The molecule has 0 amide bonds. The average Bonchev–Trinajstić information content (AvgIpc) is 3.95. The summed E-state index contributed by atoms with van der Waals surface area (Å²) in [6.07, 6.45) is 0. The van der Waals surface area contributed by atoms with Crippen LogP contribution < -0.4 is 0 Å². The largest absolute Gasteiger partial charge is 0.456 e. The molecular weight excluding hydrogens is 637 g/mol. The van der Waals surface area contributed by atoms with Gasteiger partial charge in [-0.15, -0.1) is 0 Å². The Bertz CT molecular complexity index is 3160. The lowest BCUT2D eigenvalue weighted by Crippen LogP contribution is -1.94. The minimum atomic E-state index is 0.916. The number of nitrogens with zero attached hydrogens (tertiary/aromatic N) is 2. The highest BCUT2D eigenvalue weighted by atomic mass is 16.3. The van der Waals surface area contributed by atoms with E-state index >= 15 is 0 Å². The Kier molecular flexibility index (Phi) is 5.47. The van der Waals surface area contributed by atoms with E-state index < -0.39 is 0 Å². The van der Waals surface area contributed by atoms with Crippen molar-refractivity contribution in [2.24, 2.45) is 0 Å².